The zero-order valence-corrected chi connectivity index (χ0v) is 21.7. The number of aryl methyl sites for hydroxylation is 1. The molecule has 8 nitrogen and oxygen atoms in total. The molecule has 0 N–H and O–H groups in total. The number of aromatic nitrogens is 4. The fraction of sp³-hybridized carbons (Fsp3) is 0.464. The number of fused-ring (bicyclic) bond motifs is 3. The van der Waals surface area contributed by atoms with Gasteiger partial charge >= 0.3 is 5.69 Å². The van der Waals surface area contributed by atoms with Gasteiger partial charge < -0.3 is 14.5 Å². The van der Waals surface area contributed by atoms with Gasteiger partial charge in [0.15, 0.2) is 0 Å². The van der Waals surface area contributed by atoms with Gasteiger partial charge in [-0.3, -0.25) is 14.1 Å². The molecule has 6 rings (SSSR count). The molecule has 3 aromatic heterocycles. The Balaban J connectivity index is 1.40. The number of pyridine rings is 2. The van der Waals surface area contributed by atoms with Crippen molar-refractivity contribution in [2.75, 3.05) is 51.8 Å². The molecule has 1 aromatic carbocycles. The first-order valence-corrected chi connectivity index (χ1v) is 13.0. The third-order valence-corrected chi connectivity index (χ3v) is 7.80. The zero-order chi connectivity index (χ0) is 25.7. The highest BCUT2D eigenvalue weighted by molar-refractivity contribution is 6.04. The van der Waals surface area contributed by atoms with Gasteiger partial charge in [0.1, 0.15) is 11.6 Å². The van der Waals surface area contributed by atoms with E-state index in [0.717, 1.165) is 61.1 Å². The van der Waals surface area contributed by atoms with Crippen molar-refractivity contribution in [1.29, 1.82) is 0 Å². The highest BCUT2D eigenvalue weighted by Gasteiger charge is 2.26. The number of imidazole rings is 1. The predicted octanol–water partition coefficient (Wildman–Crippen LogP) is 3.83. The Bertz CT molecular complexity index is 1500. The molecule has 0 radical (unpaired) electrons. The van der Waals surface area contributed by atoms with Gasteiger partial charge in [-0.15, -0.1) is 0 Å². The monoisotopic (exact) mass is 504 g/mol. The van der Waals surface area contributed by atoms with Crippen LogP contribution in [0.1, 0.15) is 25.3 Å². The summed E-state index contributed by atoms with van der Waals surface area (Å²) < 4.78 is 24.5. The third-order valence-electron chi connectivity index (χ3n) is 7.80. The van der Waals surface area contributed by atoms with Crippen LogP contribution in [0.2, 0.25) is 0 Å². The Labute approximate surface area is 215 Å². The van der Waals surface area contributed by atoms with Crippen LogP contribution < -0.4 is 10.6 Å². The minimum Gasteiger partial charge on any atom is -0.379 e. The van der Waals surface area contributed by atoms with Gasteiger partial charge in [0, 0.05) is 62.1 Å². The fourth-order valence-electron chi connectivity index (χ4n) is 5.97. The number of hydrogen-bond acceptors (Lipinski definition) is 6. The third kappa shape index (κ3) is 4.30. The maximum Gasteiger partial charge on any atom is 0.329 e. The molecule has 5 heterocycles. The summed E-state index contributed by atoms with van der Waals surface area (Å²) in [6, 6.07) is 7.14. The van der Waals surface area contributed by atoms with Crippen LogP contribution in [0.15, 0.2) is 41.5 Å². The molecule has 194 valence electrons. The molecule has 0 aliphatic carbocycles. The molecule has 2 aliphatic heterocycles. The van der Waals surface area contributed by atoms with Crippen molar-refractivity contribution in [3.05, 3.63) is 53.0 Å². The molecule has 2 fully saturated rings. The first-order valence-electron chi connectivity index (χ1n) is 13.0. The molecule has 2 aliphatic rings. The Morgan fingerprint density at radius 1 is 1.16 bits per heavy atom. The SMILES string of the molecule is CN(C)C[C@@H]1CCN(c2ccc(-c3cc4c(cc3F)ncc3c4n([C@H]4CCCOC4)c(=O)n3C)cn2)C1. The second-order valence-corrected chi connectivity index (χ2v) is 10.7. The minimum absolute atomic E-state index is 0.0539. The van der Waals surface area contributed by atoms with Gasteiger partial charge in [0.05, 0.1) is 35.4 Å². The van der Waals surface area contributed by atoms with Crippen molar-refractivity contribution in [3.8, 4) is 11.1 Å². The van der Waals surface area contributed by atoms with Crippen molar-refractivity contribution < 1.29 is 9.13 Å². The maximum atomic E-state index is 15.3. The summed E-state index contributed by atoms with van der Waals surface area (Å²) in [5.41, 5.74) is 3.09. The number of ether oxygens (including phenoxy) is 1. The average Bonchev–Trinajstić information content (AvgIpc) is 3.46. The molecule has 0 spiro atoms. The van der Waals surface area contributed by atoms with E-state index in [1.54, 1.807) is 24.0 Å². The second kappa shape index (κ2) is 9.54. The van der Waals surface area contributed by atoms with Crippen molar-refractivity contribution in [2.24, 2.45) is 13.0 Å². The Hall–Kier alpha value is -3.30. The Kier molecular flexibility index (Phi) is 6.20. The van der Waals surface area contributed by atoms with Gasteiger partial charge in [0.25, 0.3) is 0 Å². The van der Waals surface area contributed by atoms with Crippen LogP contribution in [0.4, 0.5) is 10.2 Å². The summed E-state index contributed by atoms with van der Waals surface area (Å²) in [5, 5.41) is 0.757. The average molecular weight is 505 g/mol. The molecule has 37 heavy (non-hydrogen) atoms. The first-order chi connectivity index (χ1) is 17.9. The molecular weight excluding hydrogens is 471 g/mol. The second-order valence-electron chi connectivity index (χ2n) is 10.7. The molecule has 4 aromatic rings. The number of rotatable bonds is 5. The van der Waals surface area contributed by atoms with E-state index in [0.29, 0.717) is 35.8 Å². The first kappa shape index (κ1) is 24.1. The molecule has 0 unspecified atom stereocenters. The Morgan fingerprint density at radius 3 is 2.76 bits per heavy atom. The molecule has 9 heteroatoms. The largest absolute Gasteiger partial charge is 0.379 e. The summed E-state index contributed by atoms with van der Waals surface area (Å²) in [7, 11) is 5.97. The summed E-state index contributed by atoms with van der Waals surface area (Å²) in [6.07, 6.45) is 6.33. The van der Waals surface area contributed by atoms with Crippen molar-refractivity contribution >= 4 is 27.8 Å². The smallest absolute Gasteiger partial charge is 0.329 e. The normalized spacial score (nSPS) is 20.5. The highest BCUT2D eigenvalue weighted by atomic mass is 19.1. The summed E-state index contributed by atoms with van der Waals surface area (Å²) in [5.74, 6) is 1.19. The van der Waals surface area contributed by atoms with E-state index in [-0.39, 0.29) is 17.5 Å². The van der Waals surface area contributed by atoms with Crippen LogP contribution in [0, 0.1) is 11.7 Å². The van der Waals surface area contributed by atoms with Crippen LogP contribution >= 0.6 is 0 Å². The van der Waals surface area contributed by atoms with Crippen LogP contribution in [-0.4, -0.2) is 70.9 Å². The van der Waals surface area contributed by atoms with E-state index < -0.39 is 0 Å². The number of anilines is 1. The molecule has 0 bridgehead atoms. The molecule has 2 saturated heterocycles. The lowest BCUT2D eigenvalue weighted by molar-refractivity contribution is 0.0593. The summed E-state index contributed by atoms with van der Waals surface area (Å²) >= 11 is 0. The number of benzene rings is 1. The summed E-state index contributed by atoms with van der Waals surface area (Å²) in [6.45, 7) is 4.24. The standard InChI is InChI=1S/C28H33FN6O2/c1-32(2)15-18-8-9-34(16-18)26-7-6-19(13-31-26)21-11-22-24(12-23(21)29)30-14-25-27(22)35(28(36)33(25)3)20-5-4-10-37-17-20/h6-7,11-14,18,20H,4-5,8-10,15-17H2,1-3H3/t18-,20-/m0/s1. The van der Waals surface area contributed by atoms with Crippen LogP contribution in [0.5, 0.6) is 0 Å². The number of nitrogens with zero attached hydrogens (tertiary/aromatic N) is 6. The topological polar surface area (TPSA) is 68.4 Å². The van der Waals surface area contributed by atoms with Crippen molar-refractivity contribution in [1.82, 2.24) is 24.0 Å². The van der Waals surface area contributed by atoms with E-state index in [1.165, 1.54) is 6.07 Å². The minimum atomic E-state index is -0.355. The van der Waals surface area contributed by atoms with E-state index in [1.807, 2.05) is 22.8 Å². The van der Waals surface area contributed by atoms with Gasteiger partial charge in [-0.2, -0.15) is 0 Å². The lowest BCUT2D eigenvalue weighted by Crippen LogP contribution is -2.31. The lowest BCUT2D eigenvalue weighted by atomic mass is 10.0. The van der Waals surface area contributed by atoms with Crippen LogP contribution in [0.3, 0.4) is 0 Å². The van der Waals surface area contributed by atoms with Gasteiger partial charge in [0.2, 0.25) is 0 Å². The van der Waals surface area contributed by atoms with E-state index in [9.17, 15) is 4.79 Å². The zero-order valence-electron chi connectivity index (χ0n) is 21.7. The molecule has 0 amide bonds. The number of halogens is 1. The van der Waals surface area contributed by atoms with Crippen LogP contribution in [-0.2, 0) is 11.8 Å². The van der Waals surface area contributed by atoms with E-state index >= 15 is 4.39 Å². The highest BCUT2D eigenvalue weighted by Crippen LogP contribution is 2.33. The summed E-state index contributed by atoms with van der Waals surface area (Å²) in [4.78, 5) is 27.0. The lowest BCUT2D eigenvalue weighted by Gasteiger charge is -2.23. The number of hydrogen-bond donors (Lipinski definition) is 0. The van der Waals surface area contributed by atoms with E-state index in [2.05, 4.69) is 28.9 Å². The van der Waals surface area contributed by atoms with Gasteiger partial charge in [-0.25, -0.2) is 14.2 Å². The predicted molar refractivity (Wildman–Crippen MR) is 144 cm³/mol. The van der Waals surface area contributed by atoms with Crippen molar-refractivity contribution in [3.63, 3.8) is 0 Å². The van der Waals surface area contributed by atoms with Crippen LogP contribution in [0.25, 0.3) is 33.1 Å². The molecular formula is C28H33FN6O2. The van der Waals surface area contributed by atoms with E-state index in [4.69, 9.17) is 9.72 Å². The van der Waals surface area contributed by atoms with Gasteiger partial charge in [-0.1, -0.05) is 0 Å². The fourth-order valence-corrected chi connectivity index (χ4v) is 5.97. The molecule has 2 atom stereocenters. The quantitative estimate of drug-likeness (QED) is 0.412. The van der Waals surface area contributed by atoms with Crippen molar-refractivity contribution in [2.45, 2.75) is 25.3 Å². The van der Waals surface area contributed by atoms with Gasteiger partial charge in [-0.05, 0) is 57.5 Å². The Morgan fingerprint density at radius 2 is 2.03 bits per heavy atom. The molecule has 0 saturated carbocycles. The maximum absolute atomic E-state index is 15.3.